The van der Waals surface area contributed by atoms with Crippen LogP contribution >= 0.6 is 0 Å². The smallest absolute Gasteiger partial charge is 0.300 e. The first-order valence-electron chi connectivity index (χ1n) is 0.928. The molecule has 0 spiro atoms. The monoisotopic (exact) mass is 268 g/mol. The van der Waals surface area contributed by atoms with Crippen molar-refractivity contribution in [1.29, 1.82) is 0 Å². The minimum Gasteiger partial charge on any atom is -0.481 e. The molecule has 0 aromatic carbocycles. The van der Waals surface area contributed by atoms with Crippen LogP contribution in [0.4, 0.5) is 0 Å². The Hall–Kier alpha value is 0.392. The van der Waals surface area contributed by atoms with Crippen molar-refractivity contribution in [3.05, 3.63) is 0 Å². The predicted molar refractivity (Wildman–Crippen MR) is 19.1 cm³/mol. The van der Waals surface area contributed by atoms with Gasteiger partial charge in [0.25, 0.3) is 5.97 Å². The van der Waals surface area contributed by atoms with Gasteiger partial charge in [0.05, 0.1) is 0 Å². The van der Waals surface area contributed by atoms with E-state index < -0.39 is 5.97 Å². The van der Waals surface area contributed by atoms with Crippen LogP contribution in [0.25, 0.3) is 0 Å². The topological polar surface area (TPSA) is 37.3 Å². The third-order valence-corrected chi connectivity index (χ3v) is 0. The third kappa shape index (κ3) is 163. The van der Waals surface area contributed by atoms with Crippen LogP contribution in [0.15, 0.2) is 0 Å². The Morgan fingerprint density at radius 3 is 1.80 bits per heavy atom. The van der Waals surface area contributed by atoms with E-state index in [4.69, 9.17) is 9.90 Å². The Kier molecular flexibility index (Phi) is 7.94. The summed E-state index contributed by atoms with van der Waals surface area (Å²) >= 11 is 0. The van der Waals surface area contributed by atoms with Crippen molar-refractivity contribution in [3.8, 4) is 0 Å². The molecule has 4 radical (unpaired) electrons. The molecule has 0 aliphatic carbocycles. The molecule has 28 valence electrons. The summed E-state index contributed by atoms with van der Waals surface area (Å²) in [5.41, 5.74) is 0. The largest absolute Gasteiger partial charge is 0.481 e. The van der Waals surface area contributed by atoms with E-state index in [1.165, 1.54) is 0 Å². The van der Waals surface area contributed by atoms with Crippen LogP contribution in [-0.4, -0.2) is 38.4 Å². The summed E-state index contributed by atoms with van der Waals surface area (Å²) in [5, 5.41) is 7.42. The zero-order valence-electron chi connectivity index (χ0n) is 2.86. The maximum atomic E-state index is 9.00. The second-order valence-electron chi connectivity index (χ2n) is 0.519. The van der Waals surface area contributed by atoms with Crippen molar-refractivity contribution in [2.24, 2.45) is 0 Å². The van der Waals surface area contributed by atoms with Crippen molar-refractivity contribution < 1.29 is 9.90 Å². The van der Waals surface area contributed by atoms with E-state index in [1.807, 2.05) is 0 Å². The summed E-state index contributed by atoms with van der Waals surface area (Å²) in [4.78, 5) is 9.00. The molecular weight excluding hydrogens is 263 g/mol. The van der Waals surface area contributed by atoms with Crippen LogP contribution in [0.2, 0.25) is 0 Å². The molecule has 0 saturated carbocycles. The second-order valence-corrected chi connectivity index (χ2v) is 0.519. The van der Waals surface area contributed by atoms with E-state index >= 15 is 0 Å². The Morgan fingerprint density at radius 2 is 1.80 bits per heavy atom. The number of rotatable bonds is 0. The first-order chi connectivity index (χ1) is 1.73. The van der Waals surface area contributed by atoms with E-state index in [-0.39, 0.29) is 27.3 Å². The maximum Gasteiger partial charge on any atom is 0.300 e. The molecule has 2 nitrogen and oxygen atoms in total. The molecule has 3 heteroatoms. The molecule has 0 unspecified atom stereocenters. The van der Waals surface area contributed by atoms with E-state index in [0.717, 1.165) is 6.92 Å². The third-order valence-electron chi connectivity index (χ3n) is 0. The van der Waals surface area contributed by atoms with Gasteiger partial charge in [-0.3, -0.25) is 4.79 Å². The number of hydrogen-bond acceptors (Lipinski definition) is 1. The standard InChI is InChI=1S/C2H4O2.Pb/c1-2(3)4;/h1H3,(H,3,4);. The van der Waals surface area contributed by atoms with Gasteiger partial charge in [0, 0.05) is 34.2 Å². The quantitative estimate of drug-likeness (QED) is 0.612. The summed E-state index contributed by atoms with van der Waals surface area (Å²) in [6, 6.07) is 0. The first-order valence-corrected chi connectivity index (χ1v) is 0.928. The van der Waals surface area contributed by atoms with Gasteiger partial charge in [-0.2, -0.15) is 0 Å². The number of aliphatic carboxylic acids is 1. The van der Waals surface area contributed by atoms with E-state index in [0.29, 0.717) is 0 Å². The van der Waals surface area contributed by atoms with Crippen molar-refractivity contribution in [3.63, 3.8) is 0 Å². The predicted octanol–water partition coefficient (Wildman–Crippen LogP) is -0.290. The summed E-state index contributed by atoms with van der Waals surface area (Å²) in [5.74, 6) is -0.833. The Bertz CT molecular complexity index is 30.6. The van der Waals surface area contributed by atoms with Gasteiger partial charge in [0.1, 0.15) is 0 Å². The van der Waals surface area contributed by atoms with Gasteiger partial charge in [-0.15, -0.1) is 0 Å². The Balaban J connectivity index is 0. The van der Waals surface area contributed by atoms with Gasteiger partial charge < -0.3 is 5.11 Å². The molecular formula is C2H4O2Pb. The van der Waals surface area contributed by atoms with Crippen LogP contribution < -0.4 is 0 Å². The first kappa shape index (κ1) is 9.04. The molecule has 0 heterocycles. The SMILES string of the molecule is CC(=O)O.[Pb]. The average molecular weight is 267 g/mol. The van der Waals surface area contributed by atoms with Crippen LogP contribution in [0.3, 0.4) is 0 Å². The van der Waals surface area contributed by atoms with E-state index in [2.05, 4.69) is 0 Å². The van der Waals surface area contributed by atoms with Crippen LogP contribution in [-0.2, 0) is 4.79 Å². The van der Waals surface area contributed by atoms with E-state index in [9.17, 15) is 0 Å². The molecule has 0 aromatic rings. The molecule has 0 atom stereocenters. The number of carbonyl (C=O) groups is 1. The Morgan fingerprint density at radius 1 is 1.80 bits per heavy atom. The molecule has 0 fully saturated rings. The number of hydrogen-bond donors (Lipinski definition) is 1. The Labute approximate surface area is 50.3 Å². The fourth-order valence-electron chi connectivity index (χ4n) is 0. The van der Waals surface area contributed by atoms with Crippen LogP contribution in [0.5, 0.6) is 0 Å². The summed E-state index contributed by atoms with van der Waals surface area (Å²) in [7, 11) is 0. The van der Waals surface area contributed by atoms with Crippen LogP contribution in [0.1, 0.15) is 6.92 Å². The minimum atomic E-state index is -0.833. The van der Waals surface area contributed by atoms with Gasteiger partial charge in [0.2, 0.25) is 0 Å². The van der Waals surface area contributed by atoms with Crippen molar-refractivity contribution in [1.82, 2.24) is 0 Å². The van der Waals surface area contributed by atoms with Gasteiger partial charge in [-0.05, 0) is 0 Å². The van der Waals surface area contributed by atoms with Crippen molar-refractivity contribution >= 4 is 33.3 Å². The second kappa shape index (κ2) is 4.39. The molecule has 0 aliphatic rings. The zero-order chi connectivity index (χ0) is 3.58. The summed E-state index contributed by atoms with van der Waals surface area (Å²) < 4.78 is 0. The average Bonchev–Trinajstić information content (AvgIpc) is 0.811. The molecule has 0 aromatic heterocycles. The van der Waals surface area contributed by atoms with E-state index in [1.54, 1.807) is 0 Å². The molecule has 0 rings (SSSR count). The molecule has 0 aliphatic heterocycles. The van der Waals surface area contributed by atoms with Crippen molar-refractivity contribution in [2.75, 3.05) is 0 Å². The van der Waals surface area contributed by atoms with Gasteiger partial charge in [-0.1, -0.05) is 0 Å². The molecule has 1 N–H and O–H groups in total. The van der Waals surface area contributed by atoms with Gasteiger partial charge in [-0.25, -0.2) is 0 Å². The van der Waals surface area contributed by atoms with Gasteiger partial charge in [0.15, 0.2) is 0 Å². The zero-order valence-corrected chi connectivity index (χ0v) is 6.74. The minimum absolute atomic E-state index is 0. The fourth-order valence-corrected chi connectivity index (χ4v) is 0. The normalized spacial score (nSPS) is 5.00. The molecule has 0 saturated heterocycles. The summed E-state index contributed by atoms with van der Waals surface area (Å²) in [6.07, 6.45) is 0. The van der Waals surface area contributed by atoms with Crippen LogP contribution in [0, 0.1) is 0 Å². The molecule has 0 bridgehead atoms. The fraction of sp³-hybridized carbons (Fsp3) is 0.500. The molecule has 0 amide bonds. The summed E-state index contributed by atoms with van der Waals surface area (Å²) in [6.45, 7) is 1.08. The number of carboxylic acids is 1. The number of carboxylic acid groups (broad SMARTS) is 1. The van der Waals surface area contributed by atoms with Crippen molar-refractivity contribution in [2.45, 2.75) is 6.92 Å². The maximum absolute atomic E-state index is 9.00. The van der Waals surface area contributed by atoms with Gasteiger partial charge >= 0.3 is 0 Å². The molecule has 5 heavy (non-hydrogen) atoms.